The number of ether oxygens (including phenoxy) is 1. The molecule has 0 saturated carbocycles. The Hall–Kier alpha value is -2.45. The number of amides is 1. The summed E-state index contributed by atoms with van der Waals surface area (Å²) in [4.78, 5) is 22.2. The maximum absolute atomic E-state index is 11.7. The number of thiazole rings is 1. The number of pyridine rings is 1. The van der Waals surface area contributed by atoms with Crippen LogP contribution in [0.3, 0.4) is 0 Å². The molecular weight excluding hydrogens is 428 g/mol. The van der Waals surface area contributed by atoms with Crippen molar-refractivity contribution in [3.63, 3.8) is 0 Å². The van der Waals surface area contributed by atoms with Crippen molar-refractivity contribution in [1.29, 1.82) is 0 Å². The van der Waals surface area contributed by atoms with Gasteiger partial charge < -0.3 is 15.0 Å². The number of hydrogen-bond acceptors (Lipinski definition) is 6. The Morgan fingerprint density at radius 2 is 2.07 bits per heavy atom. The minimum Gasteiger partial charge on any atom is -0.453 e. The Morgan fingerprint density at radius 1 is 1.30 bits per heavy atom. The minimum absolute atomic E-state index is 0.0885. The number of anilines is 2. The molecule has 1 aromatic carbocycles. The van der Waals surface area contributed by atoms with Gasteiger partial charge in [-0.05, 0) is 34.5 Å². The summed E-state index contributed by atoms with van der Waals surface area (Å²) in [6.45, 7) is 0. The van der Waals surface area contributed by atoms with Crippen LogP contribution in [0.2, 0.25) is 0 Å². The Kier molecular flexibility index (Phi) is 6.41. The van der Waals surface area contributed by atoms with Gasteiger partial charge in [0.1, 0.15) is 5.75 Å². The zero-order chi connectivity index (χ0) is 19.2. The first-order chi connectivity index (χ1) is 13.0. The Balaban J connectivity index is 1.71. The summed E-state index contributed by atoms with van der Waals surface area (Å²) in [5.74, 6) is 1.98. The molecule has 3 rings (SSSR count). The number of nitrogens with one attached hydrogen (secondary N) is 1. The lowest BCUT2D eigenvalue weighted by atomic mass is 10.2. The van der Waals surface area contributed by atoms with Gasteiger partial charge in [0.15, 0.2) is 16.7 Å². The van der Waals surface area contributed by atoms with Gasteiger partial charge in [0.05, 0.1) is 5.69 Å². The monoisotopic (exact) mass is 446 g/mol. The van der Waals surface area contributed by atoms with Gasteiger partial charge in [-0.15, -0.1) is 11.3 Å². The van der Waals surface area contributed by atoms with Crippen LogP contribution in [0.25, 0.3) is 0 Å². The van der Waals surface area contributed by atoms with Gasteiger partial charge in [0.25, 0.3) is 0 Å². The summed E-state index contributed by atoms with van der Waals surface area (Å²) in [6.07, 6.45) is 2.75. The number of carbonyl (C=O) groups excluding carboxylic acids is 1. The summed E-state index contributed by atoms with van der Waals surface area (Å²) in [7, 11) is 3.51. The van der Waals surface area contributed by atoms with Crippen molar-refractivity contribution in [1.82, 2.24) is 14.9 Å². The molecule has 0 aliphatic heterocycles. The van der Waals surface area contributed by atoms with Crippen LogP contribution in [0.1, 0.15) is 12.1 Å². The second-order valence-corrected chi connectivity index (χ2v) is 7.75. The largest absolute Gasteiger partial charge is 0.453 e. The van der Waals surface area contributed by atoms with Gasteiger partial charge >= 0.3 is 0 Å². The molecule has 0 atom stereocenters. The molecule has 0 unspecified atom stereocenters. The highest BCUT2D eigenvalue weighted by molar-refractivity contribution is 9.10. The maximum atomic E-state index is 11.7. The Labute approximate surface area is 170 Å². The van der Waals surface area contributed by atoms with Crippen LogP contribution < -0.4 is 10.1 Å². The van der Waals surface area contributed by atoms with Crippen LogP contribution in [0.4, 0.5) is 10.9 Å². The van der Waals surface area contributed by atoms with Crippen molar-refractivity contribution in [2.24, 2.45) is 0 Å². The second kappa shape index (κ2) is 8.96. The zero-order valence-electron chi connectivity index (χ0n) is 15.0. The van der Waals surface area contributed by atoms with E-state index in [9.17, 15) is 4.79 Å². The lowest BCUT2D eigenvalue weighted by molar-refractivity contribution is -0.128. The number of benzene rings is 1. The zero-order valence-corrected chi connectivity index (χ0v) is 17.4. The first-order valence-corrected chi connectivity index (χ1v) is 9.98. The Bertz CT molecular complexity index is 915. The molecule has 0 spiro atoms. The number of hydrogen-bond donors (Lipinski definition) is 1. The molecular formula is C19H19BrN4O2S. The number of aromatic nitrogens is 2. The number of rotatable bonds is 7. The Morgan fingerprint density at radius 3 is 2.81 bits per heavy atom. The molecule has 140 valence electrons. The normalized spacial score (nSPS) is 10.5. The van der Waals surface area contributed by atoms with E-state index in [2.05, 4.69) is 31.2 Å². The number of halogens is 1. The predicted octanol–water partition coefficient (Wildman–Crippen LogP) is 4.86. The van der Waals surface area contributed by atoms with E-state index >= 15 is 0 Å². The van der Waals surface area contributed by atoms with Crippen molar-refractivity contribution in [2.45, 2.75) is 12.8 Å². The fourth-order valence-electron chi connectivity index (χ4n) is 2.25. The van der Waals surface area contributed by atoms with E-state index in [0.29, 0.717) is 29.5 Å². The average Bonchev–Trinajstić information content (AvgIpc) is 3.10. The summed E-state index contributed by atoms with van der Waals surface area (Å²) < 4.78 is 6.77. The van der Waals surface area contributed by atoms with Gasteiger partial charge in [-0.2, -0.15) is 0 Å². The van der Waals surface area contributed by atoms with E-state index < -0.39 is 0 Å². The van der Waals surface area contributed by atoms with E-state index in [-0.39, 0.29) is 5.91 Å². The molecule has 0 bridgehead atoms. The van der Waals surface area contributed by atoms with Crippen LogP contribution in [0, 0.1) is 0 Å². The number of aryl methyl sites for hydroxylation is 1. The lowest BCUT2D eigenvalue weighted by Gasteiger charge is -2.11. The van der Waals surface area contributed by atoms with Gasteiger partial charge in [-0.25, -0.2) is 9.97 Å². The quantitative estimate of drug-likeness (QED) is 0.561. The van der Waals surface area contributed by atoms with Crippen molar-refractivity contribution >= 4 is 44.1 Å². The van der Waals surface area contributed by atoms with Crippen LogP contribution >= 0.6 is 27.3 Å². The van der Waals surface area contributed by atoms with E-state index in [1.807, 2.05) is 41.8 Å². The van der Waals surface area contributed by atoms with Gasteiger partial charge in [0.2, 0.25) is 5.91 Å². The highest BCUT2D eigenvalue weighted by atomic mass is 79.9. The van der Waals surface area contributed by atoms with Crippen LogP contribution in [-0.4, -0.2) is 34.9 Å². The molecule has 0 saturated heterocycles. The first-order valence-electron chi connectivity index (χ1n) is 8.31. The average molecular weight is 447 g/mol. The second-order valence-electron chi connectivity index (χ2n) is 5.97. The third-order valence-electron chi connectivity index (χ3n) is 3.66. The van der Waals surface area contributed by atoms with Crippen LogP contribution in [-0.2, 0) is 11.2 Å². The summed E-state index contributed by atoms with van der Waals surface area (Å²) in [6, 6.07) is 11.4. The van der Waals surface area contributed by atoms with E-state index in [0.717, 1.165) is 15.9 Å². The molecule has 0 fully saturated rings. The predicted molar refractivity (Wildman–Crippen MR) is 111 cm³/mol. The number of nitrogens with zero attached hydrogens (tertiary/aromatic N) is 3. The van der Waals surface area contributed by atoms with Crippen molar-refractivity contribution in [3.8, 4) is 11.5 Å². The summed E-state index contributed by atoms with van der Waals surface area (Å²) in [5.41, 5.74) is 0.875. The topological polar surface area (TPSA) is 67.4 Å². The minimum atomic E-state index is 0.0885. The van der Waals surface area contributed by atoms with Crippen molar-refractivity contribution in [2.75, 3.05) is 19.4 Å². The van der Waals surface area contributed by atoms with Gasteiger partial charge in [0, 0.05) is 42.6 Å². The fourth-order valence-corrected chi connectivity index (χ4v) is 3.30. The number of carbonyl (C=O) groups is 1. The van der Waals surface area contributed by atoms with Crippen molar-refractivity contribution in [3.05, 3.63) is 58.1 Å². The molecule has 27 heavy (non-hydrogen) atoms. The third-order valence-corrected chi connectivity index (χ3v) is 4.90. The molecule has 2 aromatic heterocycles. The maximum Gasteiger partial charge on any atom is 0.222 e. The SMILES string of the molecule is CN(C)C(=O)CCc1csc(Nc2ncc(Br)cc2Oc2ccccc2)n1. The molecule has 8 heteroatoms. The highest BCUT2D eigenvalue weighted by Crippen LogP contribution is 2.33. The standard InChI is InChI=1S/C19H19BrN4O2S/c1-24(2)17(25)9-8-14-12-27-19(22-14)23-18-16(10-13(20)11-21-18)26-15-6-4-3-5-7-15/h3-7,10-12H,8-9H2,1-2H3,(H,21,22,23). The molecule has 6 nitrogen and oxygen atoms in total. The van der Waals surface area contributed by atoms with E-state index in [1.165, 1.54) is 11.3 Å². The smallest absolute Gasteiger partial charge is 0.222 e. The molecule has 2 heterocycles. The first kappa shape index (κ1) is 19.3. The molecule has 3 aromatic rings. The van der Waals surface area contributed by atoms with E-state index in [4.69, 9.17) is 4.74 Å². The lowest BCUT2D eigenvalue weighted by Crippen LogP contribution is -2.21. The molecule has 0 radical (unpaired) electrons. The summed E-state index contributed by atoms with van der Waals surface area (Å²) in [5, 5.41) is 5.86. The van der Waals surface area contributed by atoms with Crippen molar-refractivity contribution < 1.29 is 9.53 Å². The fraction of sp³-hybridized carbons (Fsp3) is 0.211. The highest BCUT2D eigenvalue weighted by Gasteiger charge is 2.12. The third kappa shape index (κ3) is 5.51. The number of para-hydroxylation sites is 1. The van der Waals surface area contributed by atoms with E-state index in [1.54, 1.807) is 25.2 Å². The molecule has 1 amide bonds. The summed E-state index contributed by atoms with van der Waals surface area (Å²) >= 11 is 4.89. The molecule has 1 N–H and O–H groups in total. The van der Waals surface area contributed by atoms with Crippen LogP contribution in [0.5, 0.6) is 11.5 Å². The van der Waals surface area contributed by atoms with Gasteiger partial charge in [-0.3, -0.25) is 4.79 Å². The van der Waals surface area contributed by atoms with Gasteiger partial charge in [-0.1, -0.05) is 18.2 Å². The van der Waals surface area contributed by atoms with Crippen LogP contribution in [0.15, 0.2) is 52.4 Å². The molecule has 0 aliphatic carbocycles. The molecule has 0 aliphatic rings.